The van der Waals surface area contributed by atoms with Gasteiger partial charge in [-0.25, -0.2) is 5.43 Å². The van der Waals surface area contributed by atoms with E-state index in [4.69, 9.17) is 42.1 Å². The van der Waals surface area contributed by atoms with Gasteiger partial charge in [-0.3, -0.25) is 14.4 Å². The highest BCUT2D eigenvalue weighted by Crippen LogP contribution is 2.39. The molecule has 0 aliphatic carbocycles. The van der Waals surface area contributed by atoms with Crippen LogP contribution in [0.1, 0.15) is 26.3 Å². The molecule has 10 nitrogen and oxygen atoms in total. The molecule has 2 aliphatic heterocycles. The van der Waals surface area contributed by atoms with E-state index < -0.39 is 47.7 Å². The molecule has 204 valence electrons. The van der Waals surface area contributed by atoms with E-state index in [0.29, 0.717) is 14.9 Å². The molecule has 1 aromatic carbocycles. The van der Waals surface area contributed by atoms with E-state index in [2.05, 4.69) is 5.43 Å². The lowest BCUT2D eigenvalue weighted by Gasteiger charge is -2.46. The Morgan fingerprint density at radius 3 is 2.45 bits per heavy atom. The van der Waals surface area contributed by atoms with Crippen LogP contribution in [0.3, 0.4) is 0 Å². The maximum atomic E-state index is 12.3. The Labute approximate surface area is 237 Å². The molecule has 2 aromatic rings. The Hall–Kier alpha value is -2.48. The van der Waals surface area contributed by atoms with Gasteiger partial charge in [0, 0.05) is 36.6 Å². The van der Waals surface area contributed by atoms with Crippen molar-refractivity contribution in [2.75, 3.05) is 6.61 Å². The monoisotopic (exact) mass is 602 g/mol. The summed E-state index contributed by atoms with van der Waals surface area (Å²) < 4.78 is 23.1. The highest BCUT2D eigenvalue weighted by atomic mass is 35.5. The Bertz CT molecular complexity index is 1210. The number of nitrogens with zero attached hydrogens (tertiary/aromatic N) is 1. The van der Waals surface area contributed by atoms with Crippen molar-refractivity contribution in [1.29, 1.82) is 0 Å². The number of rotatable bonds is 8. The minimum atomic E-state index is -0.960. The zero-order valence-electron chi connectivity index (χ0n) is 20.6. The number of ether oxygens (including phenoxy) is 4. The average Bonchev–Trinajstić information content (AvgIpc) is 3.54. The number of nitrogens with one attached hydrogen (secondary N) is 1. The van der Waals surface area contributed by atoms with Gasteiger partial charge in [0.1, 0.15) is 23.8 Å². The molecule has 1 aromatic heterocycles. The second-order valence-electron chi connectivity index (χ2n) is 8.45. The van der Waals surface area contributed by atoms with Gasteiger partial charge in [-0.15, -0.1) is 5.53 Å². The van der Waals surface area contributed by atoms with Crippen molar-refractivity contribution in [1.82, 2.24) is 10.4 Å². The lowest BCUT2D eigenvalue weighted by molar-refractivity contribution is -0.829. The topological polar surface area (TPSA) is 120 Å². The zero-order valence-corrected chi connectivity index (χ0v) is 23.7. The van der Waals surface area contributed by atoms with E-state index in [1.807, 2.05) is 23.0 Å². The van der Waals surface area contributed by atoms with Crippen molar-refractivity contribution in [2.24, 2.45) is 0 Å². The number of hydrogen-bond donors (Lipinski definition) is 2. The molecular weight excluding hydrogens is 577 g/mol. The minimum Gasteiger partial charge on any atom is -0.463 e. The van der Waals surface area contributed by atoms with Crippen LogP contribution in [0.4, 0.5) is 0 Å². The first kappa shape index (κ1) is 28.5. The Kier molecular flexibility index (Phi) is 9.45. The fourth-order valence-corrected chi connectivity index (χ4v) is 6.28. The van der Waals surface area contributed by atoms with E-state index in [9.17, 15) is 14.4 Å². The van der Waals surface area contributed by atoms with Crippen molar-refractivity contribution in [3.8, 4) is 0 Å². The zero-order chi connectivity index (χ0) is 27.4. The van der Waals surface area contributed by atoms with Gasteiger partial charge in [0.15, 0.2) is 18.2 Å². The molecule has 3 heterocycles. The average molecular weight is 604 g/mol. The van der Waals surface area contributed by atoms with Crippen LogP contribution in [0.2, 0.25) is 10.0 Å². The second-order valence-corrected chi connectivity index (χ2v) is 11.2. The van der Waals surface area contributed by atoms with E-state index in [-0.39, 0.29) is 6.61 Å². The van der Waals surface area contributed by atoms with Gasteiger partial charge in [-0.1, -0.05) is 35.0 Å². The molecule has 0 saturated carbocycles. The molecule has 0 bridgehead atoms. The van der Waals surface area contributed by atoms with Crippen molar-refractivity contribution in [3.63, 3.8) is 0 Å². The molecule has 0 amide bonds. The molecule has 5 atom stereocenters. The maximum Gasteiger partial charge on any atom is 0.303 e. The van der Waals surface area contributed by atoms with Crippen LogP contribution in [0.25, 0.3) is 5.70 Å². The highest BCUT2D eigenvalue weighted by molar-refractivity contribution is 7.99. The first-order valence-corrected chi connectivity index (χ1v) is 14.1. The van der Waals surface area contributed by atoms with Crippen molar-refractivity contribution in [3.05, 3.63) is 56.8 Å². The second kappa shape index (κ2) is 12.6. The number of esters is 3. The van der Waals surface area contributed by atoms with Crippen molar-refractivity contribution < 1.29 is 38.9 Å². The van der Waals surface area contributed by atoms with E-state index in [1.54, 1.807) is 40.1 Å². The molecule has 1 saturated heterocycles. The molecule has 4 rings (SSSR count). The van der Waals surface area contributed by atoms with Crippen LogP contribution in [-0.4, -0.2) is 59.3 Å². The summed E-state index contributed by atoms with van der Waals surface area (Å²) in [6.45, 7) is 3.66. The molecular formula is C24H26Cl2N3O7S2+. The van der Waals surface area contributed by atoms with Gasteiger partial charge in [0.2, 0.25) is 0 Å². The number of quaternary nitrogens is 1. The van der Waals surface area contributed by atoms with E-state index in [1.165, 1.54) is 32.5 Å². The fourth-order valence-electron chi connectivity index (χ4n) is 4.12. The van der Waals surface area contributed by atoms with Gasteiger partial charge in [0.25, 0.3) is 0 Å². The van der Waals surface area contributed by atoms with Crippen molar-refractivity contribution in [2.45, 2.75) is 55.5 Å². The van der Waals surface area contributed by atoms with Crippen molar-refractivity contribution >= 4 is 69.9 Å². The number of thioether (sulfide) groups is 1. The summed E-state index contributed by atoms with van der Waals surface area (Å²) in [4.78, 5) is 36.8. The summed E-state index contributed by atoms with van der Waals surface area (Å²) >= 11 is 15.1. The van der Waals surface area contributed by atoms with Crippen LogP contribution in [-0.2, 0) is 33.3 Å². The van der Waals surface area contributed by atoms with Crippen LogP contribution in [0, 0.1) is 0 Å². The largest absolute Gasteiger partial charge is 0.463 e. The van der Waals surface area contributed by atoms with Gasteiger partial charge in [0.05, 0.1) is 16.2 Å². The van der Waals surface area contributed by atoms with E-state index >= 15 is 0 Å². The standard InChI is InChI=1S/C24H25Cl2N3O7S2/c1-12(30)33-10-20-22(34-13(2)31)21(29-9-19(27-28-29)15-6-7-37-11-15)23(35-14(3)32)24(36-20)38-16-4-5-17(25)18(26)8-16/h4-9,11,20-24,27-28H,10H2,1-3H3/p+1/t20?,21?,22-,23?,24+/m0/s1. The molecule has 2 aliphatic rings. The predicted octanol–water partition coefficient (Wildman–Crippen LogP) is 2.96. The third-order valence-corrected chi connectivity index (χ3v) is 8.20. The number of thiophene rings is 1. The number of halogens is 2. The van der Waals surface area contributed by atoms with Crippen LogP contribution >= 0.6 is 46.3 Å². The molecule has 3 unspecified atom stereocenters. The first-order chi connectivity index (χ1) is 18.1. The van der Waals surface area contributed by atoms with Gasteiger partial charge < -0.3 is 18.9 Å². The Morgan fingerprint density at radius 1 is 1.08 bits per heavy atom. The summed E-state index contributed by atoms with van der Waals surface area (Å²) in [5.41, 5.74) is 5.91. The number of hydrogen-bond acceptors (Lipinski definition) is 11. The quantitative estimate of drug-likeness (QED) is 0.265. The summed E-state index contributed by atoms with van der Waals surface area (Å²) in [6.07, 6.45) is -0.902. The lowest BCUT2D eigenvalue weighted by atomic mass is 9.96. The van der Waals surface area contributed by atoms with Crippen LogP contribution < -0.4 is 11.0 Å². The van der Waals surface area contributed by atoms with Gasteiger partial charge in [-0.2, -0.15) is 16.3 Å². The third-order valence-electron chi connectivity index (χ3n) is 5.64. The molecule has 38 heavy (non-hydrogen) atoms. The Balaban J connectivity index is 1.75. The molecule has 0 radical (unpaired) electrons. The maximum absolute atomic E-state index is 12.3. The fraction of sp³-hybridized carbons (Fsp3) is 0.375. The normalized spacial score (nSPS) is 24.8. The van der Waals surface area contributed by atoms with Gasteiger partial charge >= 0.3 is 17.9 Å². The van der Waals surface area contributed by atoms with Gasteiger partial charge in [-0.05, 0) is 29.6 Å². The predicted molar refractivity (Wildman–Crippen MR) is 142 cm³/mol. The lowest BCUT2D eigenvalue weighted by Crippen LogP contribution is -2.99. The smallest absolute Gasteiger partial charge is 0.303 e. The molecule has 3 N–H and O–H groups in total. The summed E-state index contributed by atoms with van der Waals surface area (Å²) in [5, 5.41) is 6.47. The highest BCUT2D eigenvalue weighted by Gasteiger charge is 2.54. The summed E-state index contributed by atoms with van der Waals surface area (Å²) in [5.74, 6) is -1.63. The van der Waals surface area contributed by atoms with Crippen LogP contribution in [0.5, 0.6) is 0 Å². The number of benzene rings is 1. The number of carbonyl (C=O) groups excluding carboxylic acids is 3. The number of carbonyl (C=O) groups is 3. The molecule has 1 fully saturated rings. The first-order valence-electron chi connectivity index (χ1n) is 11.5. The van der Waals surface area contributed by atoms with Crippen LogP contribution in [0.15, 0.2) is 46.1 Å². The third kappa shape index (κ3) is 6.93. The minimum absolute atomic E-state index is 0.183. The molecule has 14 heteroatoms. The van der Waals surface area contributed by atoms with E-state index in [0.717, 1.165) is 11.3 Å². The summed E-state index contributed by atoms with van der Waals surface area (Å²) in [7, 11) is 0. The summed E-state index contributed by atoms with van der Waals surface area (Å²) in [6, 6.07) is 6.32. The number of nitrogens with two attached hydrogens (primary N) is 1. The SMILES string of the molecule is CC(=O)OCC1O[C@H](Sc2ccc(Cl)c(Cl)c2)C(OC(C)=O)C(N2C=C(c3ccsc3)N[NH2+]2)[C@H]1OC(C)=O. The molecule has 0 spiro atoms. The Morgan fingerprint density at radius 2 is 1.82 bits per heavy atom.